The number of carbonyl (C=O) groups is 1. The Labute approximate surface area is 125 Å². The summed E-state index contributed by atoms with van der Waals surface area (Å²) in [6, 6.07) is 8.45. The van der Waals surface area contributed by atoms with E-state index in [1.807, 2.05) is 0 Å². The zero-order valence-corrected chi connectivity index (χ0v) is 11.9. The molecule has 0 fully saturated rings. The minimum absolute atomic E-state index is 0.0578. The summed E-state index contributed by atoms with van der Waals surface area (Å²) < 4.78 is 24.2. The van der Waals surface area contributed by atoms with Crippen molar-refractivity contribution in [3.05, 3.63) is 58.4 Å². The van der Waals surface area contributed by atoms with Gasteiger partial charge in [0.1, 0.15) is 12.4 Å². The maximum Gasteiger partial charge on any atom is 0.335 e. The molecule has 0 unspecified atom stereocenters. The Morgan fingerprint density at radius 1 is 1.24 bits per heavy atom. The lowest BCUT2D eigenvalue weighted by Gasteiger charge is -2.12. The summed E-state index contributed by atoms with van der Waals surface area (Å²) in [6.45, 7) is -0.0670. The standard InChI is InChI=1S/C15H12ClFO4/c1-20-13-5-3-9(15(18)19)6-14(13)21-8-10-2-4-11(16)7-12(10)17/h2-7H,8H2,1H3,(H,18,19). The molecule has 0 heterocycles. The normalized spacial score (nSPS) is 10.2. The van der Waals surface area contributed by atoms with E-state index < -0.39 is 11.8 Å². The summed E-state index contributed by atoms with van der Waals surface area (Å²) in [5.41, 5.74) is 0.365. The Kier molecular flexibility index (Phi) is 4.65. The predicted octanol–water partition coefficient (Wildman–Crippen LogP) is 3.76. The first kappa shape index (κ1) is 15.1. The number of benzene rings is 2. The van der Waals surface area contributed by atoms with E-state index in [0.29, 0.717) is 16.3 Å². The summed E-state index contributed by atoms with van der Waals surface area (Å²) in [7, 11) is 1.44. The molecule has 0 amide bonds. The van der Waals surface area contributed by atoms with Crippen molar-refractivity contribution in [1.82, 2.24) is 0 Å². The number of carboxylic acid groups (broad SMARTS) is 1. The predicted molar refractivity (Wildman–Crippen MR) is 75.7 cm³/mol. The first-order chi connectivity index (χ1) is 10.0. The van der Waals surface area contributed by atoms with Gasteiger partial charge in [0.05, 0.1) is 12.7 Å². The van der Waals surface area contributed by atoms with Gasteiger partial charge < -0.3 is 14.6 Å². The van der Waals surface area contributed by atoms with E-state index in [2.05, 4.69) is 0 Å². The number of aromatic carboxylic acids is 1. The third-order valence-electron chi connectivity index (χ3n) is 2.81. The lowest BCUT2D eigenvalue weighted by atomic mass is 10.2. The molecule has 2 aromatic rings. The van der Waals surface area contributed by atoms with Crippen LogP contribution in [0.4, 0.5) is 4.39 Å². The second kappa shape index (κ2) is 6.45. The highest BCUT2D eigenvalue weighted by atomic mass is 35.5. The van der Waals surface area contributed by atoms with Crippen molar-refractivity contribution in [3.8, 4) is 11.5 Å². The lowest BCUT2D eigenvalue weighted by molar-refractivity contribution is 0.0696. The number of methoxy groups -OCH3 is 1. The highest BCUT2D eigenvalue weighted by Crippen LogP contribution is 2.29. The molecule has 0 aliphatic heterocycles. The number of ether oxygens (including phenoxy) is 2. The second-order valence-corrected chi connectivity index (χ2v) is 4.63. The molecule has 0 aromatic heterocycles. The van der Waals surface area contributed by atoms with Crippen LogP contribution in [0.1, 0.15) is 15.9 Å². The monoisotopic (exact) mass is 310 g/mol. The number of rotatable bonds is 5. The van der Waals surface area contributed by atoms with Crippen molar-refractivity contribution in [1.29, 1.82) is 0 Å². The molecule has 2 aromatic carbocycles. The zero-order chi connectivity index (χ0) is 15.4. The second-order valence-electron chi connectivity index (χ2n) is 4.20. The molecule has 21 heavy (non-hydrogen) atoms. The van der Waals surface area contributed by atoms with Crippen LogP contribution in [0.15, 0.2) is 36.4 Å². The van der Waals surface area contributed by atoms with E-state index in [-0.39, 0.29) is 17.9 Å². The van der Waals surface area contributed by atoms with Crippen LogP contribution in [-0.4, -0.2) is 18.2 Å². The molecule has 0 aliphatic rings. The first-order valence-corrected chi connectivity index (χ1v) is 6.37. The third kappa shape index (κ3) is 3.64. The van der Waals surface area contributed by atoms with E-state index in [4.69, 9.17) is 26.2 Å². The van der Waals surface area contributed by atoms with Gasteiger partial charge in [-0.3, -0.25) is 0 Å². The Balaban J connectivity index is 2.22. The number of halogens is 2. The maximum absolute atomic E-state index is 13.7. The summed E-state index contributed by atoms with van der Waals surface area (Å²) in [5, 5.41) is 9.25. The van der Waals surface area contributed by atoms with E-state index in [9.17, 15) is 9.18 Å². The molecule has 0 bridgehead atoms. The van der Waals surface area contributed by atoms with Gasteiger partial charge in [-0.05, 0) is 30.3 Å². The molecule has 0 saturated carbocycles. The zero-order valence-electron chi connectivity index (χ0n) is 11.1. The lowest BCUT2D eigenvalue weighted by Crippen LogP contribution is -2.02. The topological polar surface area (TPSA) is 55.8 Å². The smallest absolute Gasteiger partial charge is 0.335 e. The van der Waals surface area contributed by atoms with E-state index >= 15 is 0 Å². The van der Waals surface area contributed by atoms with E-state index in [1.165, 1.54) is 37.4 Å². The Bertz CT molecular complexity index is 673. The number of hydrogen-bond acceptors (Lipinski definition) is 3. The van der Waals surface area contributed by atoms with Gasteiger partial charge in [-0.15, -0.1) is 0 Å². The van der Waals surface area contributed by atoms with Gasteiger partial charge in [0.15, 0.2) is 11.5 Å². The van der Waals surface area contributed by atoms with Crippen LogP contribution >= 0.6 is 11.6 Å². The highest BCUT2D eigenvalue weighted by Gasteiger charge is 2.11. The molecule has 4 nitrogen and oxygen atoms in total. The van der Waals surface area contributed by atoms with Crippen LogP contribution in [0.5, 0.6) is 11.5 Å². The molecule has 0 spiro atoms. The van der Waals surface area contributed by atoms with Crippen molar-refractivity contribution in [3.63, 3.8) is 0 Å². The molecule has 0 radical (unpaired) electrons. The Hall–Kier alpha value is -2.27. The van der Waals surface area contributed by atoms with Crippen LogP contribution in [0.25, 0.3) is 0 Å². The fourth-order valence-electron chi connectivity index (χ4n) is 1.72. The van der Waals surface area contributed by atoms with Crippen LogP contribution < -0.4 is 9.47 Å². The van der Waals surface area contributed by atoms with Crippen LogP contribution in [0.3, 0.4) is 0 Å². The van der Waals surface area contributed by atoms with Crippen molar-refractivity contribution in [2.75, 3.05) is 7.11 Å². The van der Waals surface area contributed by atoms with E-state index in [1.54, 1.807) is 6.07 Å². The summed E-state index contributed by atoms with van der Waals surface area (Å²) in [6.07, 6.45) is 0. The van der Waals surface area contributed by atoms with Crippen LogP contribution in [0, 0.1) is 5.82 Å². The van der Waals surface area contributed by atoms with Gasteiger partial charge in [-0.1, -0.05) is 17.7 Å². The van der Waals surface area contributed by atoms with Gasteiger partial charge >= 0.3 is 5.97 Å². The van der Waals surface area contributed by atoms with Gasteiger partial charge in [0.25, 0.3) is 0 Å². The average Bonchev–Trinajstić information content (AvgIpc) is 2.46. The summed E-state index contributed by atoms with van der Waals surface area (Å²) in [4.78, 5) is 10.9. The van der Waals surface area contributed by atoms with Crippen LogP contribution in [-0.2, 0) is 6.61 Å². The van der Waals surface area contributed by atoms with Crippen molar-refractivity contribution >= 4 is 17.6 Å². The molecule has 0 saturated heterocycles. The molecule has 6 heteroatoms. The van der Waals surface area contributed by atoms with E-state index in [0.717, 1.165) is 0 Å². The number of hydrogen-bond donors (Lipinski definition) is 1. The summed E-state index contributed by atoms with van der Waals surface area (Å²) >= 11 is 5.67. The Morgan fingerprint density at radius 3 is 2.62 bits per heavy atom. The van der Waals surface area contributed by atoms with Crippen molar-refractivity contribution in [2.24, 2.45) is 0 Å². The maximum atomic E-state index is 13.7. The fraction of sp³-hybridized carbons (Fsp3) is 0.133. The molecule has 2 rings (SSSR count). The van der Waals surface area contributed by atoms with Gasteiger partial charge in [-0.25, -0.2) is 9.18 Å². The molecular formula is C15H12ClFO4. The Morgan fingerprint density at radius 2 is 2.00 bits per heavy atom. The molecular weight excluding hydrogens is 299 g/mol. The SMILES string of the molecule is COc1ccc(C(=O)O)cc1OCc1ccc(Cl)cc1F. The fourth-order valence-corrected chi connectivity index (χ4v) is 1.88. The molecule has 110 valence electrons. The molecule has 1 N–H and O–H groups in total. The third-order valence-corrected chi connectivity index (χ3v) is 3.04. The molecule has 0 atom stereocenters. The first-order valence-electron chi connectivity index (χ1n) is 5.99. The number of carboxylic acids is 1. The van der Waals surface area contributed by atoms with Crippen molar-refractivity contribution in [2.45, 2.75) is 6.61 Å². The van der Waals surface area contributed by atoms with Gasteiger partial charge in [-0.2, -0.15) is 0 Å². The van der Waals surface area contributed by atoms with Gasteiger partial charge in [0, 0.05) is 10.6 Å². The average molecular weight is 311 g/mol. The highest BCUT2D eigenvalue weighted by molar-refractivity contribution is 6.30. The minimum Gasteiger partial charge on any atom is -0.493 e. The largest absolute Gasteiger partial charge is 0.493 e. The van der Waals surface area contributed by atoms with Crippen LogP contribution in [0.2, 0.25) is 5.02 Å². The quantitative estimate of drug-likeness (QED) is 0.913. The molecule has 0 aliphatic carbocycles. The summed E-state index contributed by atoms with van der Waals surface area (Å²) in [5.74, 6) is -0.975. The van der Waals surface area contributed by atoms with Crippen molar-refractivity contribution < 1.29 is 23.8 Å². The minimum atomic E-state index is -1.08. The van der Waals surface area contributed by atoms with Gasteiger partial charge in [0.2, 0.25) is 0 Å².